The fourth-order valence-electron chi connectivity index (χ4n) is 2.05. The molecule has 2 rings (SSSR count). The molecule has 0 atom stereocenters. The van der Waals surface area contributed by atoms with Gasteiger partial charge < -0.3 is 0 Å². The highest BCUT2D eigenvalue weighted by Crippen LogP contribution is 2.31. The van der Waals surface area contributed by atoms with Crippen molar-refractivity contribution in [2.24, 2.45) is 0 Å². The second-order valence-electron chi connectivity index (χ2n) is 4.14. The SMILES string of the molecule is O=C1CCCCC/C1=C(/I)c1ccccc1. The Morgan fingerprint density at radius 1 is 1.00 bits per heavy atom. The van der Waals surface area contributed by atoms with Gasteiger partial charge in [-0.3, -0.25) is 4.79 Å². The van der Waals surface area contributed by atoms with E-state index in [0.717, 1.165) is 34.8 Å². The summed E-state index contributed by atoms with van der Waals surface area (Å²) in [5.41, 5.74) is 2.22. The number of benzene rings is 1. The molecule has 0 N–H and O–H groups in total. The minimum absolute atomic E-state index is 0.353. The van der Waals surface area contributed by atoms with Crippen LogP contribution in [0.25, 0.3) is 3.58 Å². The predicted octanol–water partition coefficient (Wildman–Crippen LogP) is 4.37. The topological polar surface area (TPSA) is 17.1 Å². The highest BCUT2D eigenvalue weighted by Gasteiger charge is 2.17. The number of rotatable bonds is 1. The lowest BCUT2D eigenvalue weighted by Crippen LogP contribution is -2.01. The van der Waals surface area contributed by atoms with E-state index < -0.39 is 0 Å². The third-order valence-electron chi connectivity index (χ3n) is 2.96. The Bertz CT molecular complexity index is 406. The molecular formula is C14H15IO. The van der Waals surface area contributed by atoms with Gasteiger partial charge in [-0.05, 0) is 47.4 Å². The maximum absolute atomic E-state index is 12.0. The summed E-state index contributed by atoms with van der Waals surface area (Å²) in [6.45, 7) is 0. The maximum atomic E-state index is 12.0. The van der Waals surface area contributed by atoms with Gasteiger partial charge in [-0.1, -0.05) is 36.8 Å². The van der Waals surface area contributed by atoms with Crippen LogP contribution in [-0.2, 0) is 4.79 Å². The summed E-state index contributed by atoms with van der Waals surface area (Å²) in [5, 5.41) is 0. The minimum atomic E-state index is 0.353. The Morgan fingerprint density at radius 3 is 2.44 bits per heavy atom. The molecule has 1 nitrogen and oxygen atoms in total. The molecule has 0 amide bonds. The number of ketones is 1. The quantitative estimate of drug-likeness (QED) is 0.426. The van der Waals surface area contributed by atoms with Crippen molar-refractivity contribution in [2.45, 2.75) is 32.1 Å². The van der Waals surface area contributed by atoms with Gasteiger partial charge in [0.15, 0.2) is 5.78 Å². The van der Waals surface area contributed by atoms with Crippen LogP contribution in [0.2, 0.25) is 0 Å². The number of allylic oxidation sites excluding steroid dienone is 1. The molecule has 84 valence electrons. The van der Waals surface area contributed by atoms with Crippen molar-refractivity contribution in [3.63, 3.8) is 0 Å². The molecule has 0 aromatic heterocycles. The van der Waals surface area contributed by atoms with Gasteiger partial charge in [0.2, 0.25) is 0 Å². The molecule has 0 bridgehead atoms. The van der Waals surface area contributed by atoms with Gasteiger partial charge in [-0.2, -0.15) is 0 Å². The van der Waals surface area contributed by atoms with Crippen molar-refractivity contribution in [2.75, 3.05) is 0 Å². The van der Waals surface area contributed by atoms with Crippen molar-refractivity contribution >= 4 is 32.0 Å². The second-order valence-corrected chi connectivity index (χ2v) is 5.22. The average molecular weight is 326 g/mol. The highest BCUT2D eigenvalue weighted by molar-refractivity contribution is 14.1. The molecule has 1 fully saturated rings. The Labute approximate surface area is 110 Å². The van der Waals surface area contributed by atoms with Crippen LogP contribution >= 0.6 is 22.6 Å². The fraction of sp³-hybridized carbons (Fsp3) is 0.357. The lowest BCUT2D eigenvalue weighted by Gasteiger charge is -2.07. The number of halogens is 1. The molecule has 0 saturated heterocycles. The van der Waals surface area contributed by atoms with Crippen LogP contribution < -0.4 is 0 Å². The molecule has 0 aliphatic heterocycles. The summed E-state index contributed by atoms with van der Waals surface area (Å²) < 4.78 is 1.14. The van der Waals surface area contributed by atoms with Crippen LogP contribution in [0, 0.1) is 0 Å². The van der Waals surface area contributed by atoms with Crippen LogP contribution in [0.5, 0.6) is 0 Å². The van der Waals surface area contributed by atoms with E-state index in [1.807, 2.05) is 18.2 Å². The highest BCUT2D eigenvalue weighted by atomic mass is 127. The summed E-state index contributed by atoms with van der Waals surface area (Å²) in [4.78, 5) is 12.0. The Morgan fingerprint density at radius 2 is 1.69 bits per heavy atom. The molecular weight excluding hydrogens is 311 g/mol. The van der Waals surface area contributed by atoms with Crippen molar-refractivity contribution in [3.8, 4) is 0 Å². The van der Waals surface area contributed by atoms with Gasteiger partial charge in [-0.15, -0.1) is 0 Å². The van der Waals surface area contributed by atoms with Gasteiger partial charge in [0.25, 0.3) is 0 Å². The summed E-state index contributed by atoms with van der Waals surface area (Å²) in [5.74, 6) is 0.353. The molecule has 1 aliphatic rings. The van der Waals surface area contributed by atoms with Crippen LogP contribution in [0.3, 0.4) is 0 Å². The smallest absolute Gasteiger partial charge is 0.159 e. The fourth-order valence-corrected chi connectivity index (χ4v) is 2.98. The summed E-state index contributed by atoms with van der Waals surface area (Å²) in [6, 6.07) is 10.2. The molecule has 1 aromatic rings. The number of Topliss-reactive ketones (excluding diaryl/α,β-unsaturated/α-hetero) is 1. The summed E-state index contributed by atoms with van der Waals surface area (Å²) in [7, 11) is 0. The normalized spacial score (nSPS) is 20.4. The largest absolute Gasteiger partial charge is 0.295 e. The van der Waals surface area contributed by atoms with E-state index in [9.17, 15) is 4.79 Å². The van der Waals surface area contributed by atoms with E-state index in [1.54, 1.807) is 0 Å². The zero-order valence-electron chi connectivity index (χ0n) is 9.21. The first kappa shape index (κ1) is 11.8. The van der Waals surface area contributed by atoms with Crippen LogP contribution in [-0.4, -0.2) is 5.78 Å². The molecule has 1 aromatic carbocycles. The van der Waals surface area contributed by atoms with Crippen LogP contribution in [0.4, 0.5) is 0 Å². The Hall–Kier alpha value is -0.640. The number of carbonyl (C=O) groups excluding carboxylic acids is 1. The first-order chi connectivity index (χ1) is 7.79. The molecule has 1 saturated carbocycles. The molecule has 1 aliphatic carbocycles. The molecule has 0 unspecified atom stereocenters. The van der Waals surface area contributed by atoms with Crippen molar-refractivity contribution in [1.29, 1.82) is 0 Å². The lowest BCUT2D eigenvalue weighted by atomic mass is 10.0. The van der Waals surface area contributed by atoms with E-state index in [2.05, 4.69) is 34.7 Å². The van der Waals surface area contributed by atoms with Gasteiger partial charge in [0.1, 0.15) is 0 Å². The summed E-state index contributed by atoms with van der Waals surface area (Å²) >= 11 is 2.32. The lowest BCUT2D eigenvalue weighted by molar-refractivity contribution is -0.115. The van der Waals surface area contributed by atoms with Gasteiger partial charge in [0.05, 0.1) is 0 Å². The molecule has 16 heavy (non-hydrogen) atoms. The van der Waals surface area contributed by atoms with E-state index in [0.29, 0.717) is 5.78 Å². The zero-order chi connectivity index (χ0) is 11.4. The summed E-state index contributed by atoms with van der Waals surface area (Å²) in [6.07, 6.45) is 5.08. The Balaban J connectivity index is 2.35. The standard InChI is InChI=1S/C14H15IO/c15-14(11-7-3-1-4-8-11)12-9-5-2-6-10-13(12)16/h1,3-4,7-8H,2,5-6,9-10H2/b14-12-. The first-order valence-corrected chi connectivity index (χ1v) is 6.84. The maximum Gasteiger partial charge on any atom is 0.159 e. The zero-order valence-corrected chi connectivity index (χ0v) is 11.4. The minimum Gasteiger partial charge on any atom is -0.295 e. The third-order valence-corrected chi connectivity index (χ3v) is 4.23. The van der Waals surface area contributed by atoms with Crippen molar-refractivity contribution in [1.82, 2.24) is 0 Å². The molecule has 0 spiro atoms. The van der Waals surface area contributed by atoms with Crippen LogP contribution in [0.15, 0.2) is 35.9 Å². The number of carbonyl (C=O) groups is 1. The van der Waals surface area contributed by atoms with Crippen molar-refractivity contribution < 1.29 is 4.79 Å². The third kappa shape index (κ3) is 2.73. The number of hydrogen-bond donors (Lipinski definition) is 0. The average Bonchev–Trinajstić information content (AvgIpc) is 2.54. The van der Waals surface area contributed by atoms with E-state index in [-0.39, 0.29) is 0 Å². The van der Waals surface area contributed by atoms with Gasteiger partial charge in [-0.25, -0.2) is 0 Å². The van der Waals surface area contributed by atoms with Gasteiger partial charge >= 0.3 is 0 Å². The molecule has 0 heterocycles. The van der Waals surface area contributed by atoms with E-state index in [1.165, 1.54) is 12.0 Å². The van der Waals surface area contributed by atoms with Gasteiger partial charge in [0, 0.05) is 15.6 Å². The number of hydrogen-bond acceptors (Lipinski definition) is 1. The Kier molecular flexibility index (Phi) is 4.16. The monoisotopic (exact) mass is 326 g/mol. The molecule has 0 radical (unpaired) electrons. The van der Waals surface area contributed by atoms with Crippen molar-refractivity contribution in [3.05, 3.63) is 41.5 Å². The van der Waals surface area contributed by atoms with Crippen LogP contribution in [0.1, 0.15) is 37.7 Å². The van der Waals surface area contributed by atoms with E-state index >= 15 is 0 Å². The first-order valence-electron chi connectivity index (χ1n) is 5.76. The second kappa shape index (κ2) is 5.62. The molecule has 2 heteroatoms. The van der Waals surface area contributed by atoms with E-state index in [4.69, 9.17) is 0 Å². The predicted molar refractivity (Wildman–Crippen MR) is 75.5 cm³/mol.